The first-order valence-corrected chi connectivity index (χ1v) is 7.32. The maximum Gasteiger partial charge on any atom is 0.0896 e. The van der Waals surface area contributed by atoms with Crippen molar-refractivity contribution in [2.45, 2.75) is 25.5 Å². The van der Waals surface area contributed by atoms with E-state index in [4.69, 9.17) is 4.74 Å². The lowest BCUT2D eigenvalue weighted by Gasteiger charge is -2.39. The number of rotatable bonds is 5. The lowest BCUT2D eigenvalue weighted by molar-refractivity contribution is -0.0611. The van der Waals surface area contributed by atoms with Gasteiger partial charge >= 0.3 is 0 Å². The molecule has 96 valence electrons. The topological polar surface area (TPSA) is 24.5 Å². The number of ether oxygens (including phenoxy) is 1. The van der Waals surface area contributed by atoms with Crippen molar-refractivity contribution >= 4 is 11.3 Å². The van der Waals surface area contributed by atoms with Crippen LogP contribution in [-0.4, -0.2) is 44.3 Å². The van der Waals surface area contributed by atoms with Crippen LogP contribution in [0.25, 0.3) is 0 Å². The number of morpholine rings is 1. The Morgan fingerprint density at radius 1 is 1.59 bits per heavy atom. The highest BCUT2D eigenvalue weighted by Gasteiger charge is 2.31. The normalized spacial score (nSPS) is 26.2. The molecule has 2 rings (SSSR count). The van der Waals surface area contributed by atoms with Gasteiger partial charge in [0.25, 0.3) is 0 Å². The van der Waals surface area contributed by atoms with Gasteiger partial charge in [0.05, 0.1) is 18.8 Å². The first kappa shape index (κ1) is 13.0. The molecule has 1 fully saturated rings. The SMILES string of the molecule is CCCNCC1OCCN(C)C1c1ccsc1. The van der Waals surface area contributed by atoms with Crippen LogP contribution in [0.3, 0.4) is 0 Å². The highest BCUT2D eigenvalue weighted by Crippen LogP contribution is 2.29. The molecule has 0 radical (unpaired) electrons. The van der Waals surface area contributed by atoms with Gasteiger partial charge in [0.15, 0.2) is 0 Å². The summed E-state index contributed by atoms with van der Waals surface area (Å²) in [7, 11) is 2.19. The Kier molecular flexibility index (Phi) is 4.98. The van der Waals surface area contributed by atoms with Crippen molar-refractivity contribution in [2.75, 3.05) is 33.3 Å². The van der Waals surface area contributed by atoms with E-state index in [1.165, 1.54) is 12.0 Å². The molecule has 2 heterocycles. The van der Waals surface area contributed by atoms with E-state index in [9.17, 15) is 0 Å². The molecule has 1 saturated heterocycles. The molecule has 0 aromatic carbocycles. The predicted molar refractivity (Wildman–Crippen MR) is 72.6 cm³/mol. The van der Waals surface area contributed by atoms with Gasteiger partial charge in [-0.1, -0.05) is 6.92 Å². The van der Waals surface area contributed by atoms with Gasteiger partial charge < -0.3 is 10.1 Å². The molecule has 1 N–H and O–H groups in total. The predicted octanol–water partition coefficient (Wildman–Crippen LogP) is 2.12. The van der Waals surface area contributed by atoms with Crippen molar-refractivity contribution in [3.05, 3.63) is 22.4 Å². The second-order valence-electron chi connectivity index (χ2n) is 4.60. The minimum absolute atomic E-state index is 0.273. The Hall–Kier alpha value is -0.420. The van der Waals surface area contributed by atoms with Crippen molar-refractivity contribution in [2.24, 2.45) is 0 Å². The third-order valence-electron chi connectivity index (χ3n) is 3.26. The van der Waals surface area contributed by atoms with Crippen molar-refractivity contribution in [3.63, 3.8) is 0 Å². The van der Waals surface area contributed by atoms with Gasteiger partial charge in [0, 0.05) is 13.1 Å². The summed E-state index contributed by atoms with van der Waals surface area (Å²) in [5.74, 6) is 0. The van der Waals surface area contributed by atoms with Gasteiger partial charge in [-0.05, 0) is 42.4 Å². The summed E-state index contributed by atoms with van der Waals surface area (Å²) in [6, 6.07) is 2.62. The molecule has 3 nitrogen and oxygen atoms in total. The second-order valence-corrected chi connectivity index (χ2v) is 5.38. The maximum absolute atomic E-state index is 5.93. The molecule has 4 heteroatoms. The molecule has 0 amide bonds. The molecule has 17 heavy (non-hydrogen) atoms. The summed E-state index contributed by atoms with van der Waals surface area (Å²) < 4.78 is 5.93. The molecular formula is C13H22N2OS. The average Bonchev–Trinajstić information content (AvgIpc) is 2.83. The zero-order chi connectivity index (χ0) is 12.1. The zero-order valence-electron chi connectivity index (χ0n) is 10.7. The molecule has 2 unspecified atom stereocenters. The summed E-state index contributed by atoms with van der Waals surface area (Å²) >= 11 is 1.76. The van der Waals surface area contributed by atoms with Gasteiger partial charge in [-0.2, -0.15) is 11.3 Å². The lowest BCUT2D eigenvalue weighted by Crippen LogP contribution is -2.47. The number of nitrogens with one attached hydrogen (secondary N) is 1. The van der Waals surface area contributed by atoms with Crippen LogP contribution in [0.4, 0.5) is 0 Å². The largest absolute Gasteiger partial charge is 0.374 e. The van der Waals surface area contributed by atoms with E-state index < -0.39 is 0 Å². The number of hydrogen-bond donors (Lipinski definition) is 1. The quantitative estimate of drug-likeness (QED) is 0.815. The molecule has 2 atom stereocenters. The summed E-state index contributed by atoms with van der Waals surface area (Å²) in [5.41, 5.74) is 1.39. The molecule has 0 spiro atoms. The van der Waals surface area contributed by atoms with E-state index in [1.54, 1.807) is 11.3 Å². The Morgan fingerprint density at radius 3 is 3.18 bits per heavy atom. The van der Waals surface area contributed by atoms with Crippen LogP contribution in [0.5, 0.6) is 0 Å². The van der Waals surface area contributed by atoms with E-state index in [2.05, 4.69) is 41.0 Å². The van der Waals surface area contributed by atoms with E-state index in [0.29, 0.717) is 6.04 Å². The third-order valence-corrected chi connectivity index (χ3v) is 3.96. The fourth-order valence-corrected chi connectivity index (χ4v) is 3.06. The number of likely N-dealkylation sites (N-methyl/N-ethyl adjacent to an activating group) is 1. The summed E-state index contributed by atoms with van der Waals surface area (Å²) in [5, 5.41) is 7.85. The summed E-state index contributed by atoms with van der Waals surface area (Å²) in [6.07, 6.45) is 1.45. The third kappa shape index (κ3) is 3.28. The van der Waals surface area contributed by atoms with Crippen LogP contribution >= 0.6 is 11.3 Å². The molecule has 0 aliphatic carbocycles. The Balaban J connectivity index is 2.01. The Labute approximate surface area is 108 Å². The average molecular weight is 254 g/mol. The lowest BCUT2D eigenvalue weighted by atomic mass is 10.0. The molecule has 1 aromatic heterocycles. The zero-order valence-corrected chi connectivity index (χ0v) is 11.5. The van der Waals surface area contributed by atoms with Crippen molar-refractivity contribution < 1.29 is 4.74 Å². The number of nitrogens with zero attached hydrogens (tertiary/aromatic N) is 1. The van der Waals surface area contributed by atoms with Crippen LogP contribution in [-0.2, 0) is 4.74 Å². The molecule has 1 aromatic rings. The minimum Gasteiger partial charge on any atom is -0.374 e. The van der Waals surface area contributed by atoms with Gasteiger partial charge in [-0.15, -0.1) is 0 Å². The van der Waals surface area contributed by atoms with E-state index in [-0.39, 0.29) is 6.10 Å². The standard InChI is InChI=1S/C13H22N2OS/c1-3-5-14-9-12-13(11-4-8-17-10-11)15(2)6-7-16-12/h4,8,10,12-14H,3,5-7,9H2,1-2H3. The smallest absolute Gasteiger partial charge is 0.0896 e. The fourth-order valence-electron chi connectivity index (χ4n) is 2.37. The first-order chi connectivity index (χ1) is 8.33. The van der Waals surface area contributed by atoms with Crippen molar-refractivity contribution in [3.8, 4) is 0 Å². The van der Waals surface area contributed by atoms with Gasteiger partial charge in [0.2, 0.25) is 0 Å². The van der Waals surface area contributed by atoms with Crippen LogP contribution in [0.15, 0.2) is 16.8 Å². The first-order valence-electron chi connectivity index (χ1n) is 6.37. The van der Waals surface area contributed by atoms with Crippen LogP contribution < -0.4 is 5.32 Å². The summed E-state index contributed by atoms with van der Waals surface area (Å²) in [4.78, 5) is 2.41. The van der Waals surface area contributed by atoms with Crippen LogP contribution in [0.2, 0.25) is 0 Å². The van der Waals surface area contributed by atoms with Gasteiger partial charge in [-0.3, -0.25) is 4.90 Å². The Bertz CT molecular complexity index is 315. The van der Waals surface area contributed by atoms with E-state index >= 15 is 0 Å². The molecular weight excluding hydrogens is 232 g/mol. The van der Waals surface area contributed by atoms with E-state index in [0.717, 1.165) is 26.2 Å². The summed E-state index contributed by atoms with van der Waals surface area (Å²) in [6.45, 7) is 6.07. The fraction of sp³-hybridized carbons (Fsp3) is 0.692. The molecule has 1 aliphatic rings. The second kappa shape index (κ2) is 6.50. The molecule has 0 bridgehead atoms. The minimum atomic E-state index is 0.273. The van der Waals surface area contributed by atoms with Crippen LogP contribution in [0, 0.1) is 0 Å². The van der Waals surface area contributed by atoms with Crippen LogP contribution in [0.1, 0.15) is 24.9 Å². The highest BCUT2D eigenvalue weighted by atomic mass is 32.1. The molecule has 1 aliphatic heterocycles. The number of hydrogen-bond acceptors (Lipinski definition) is 4. The van der Waals surface area contributed by atoms with Crippen molar-refractivity contribution in [1.82, 2.24) is 10.2 Å². The van der Waals surface area contributed by atoms with E-state index in [1.807, 2.05) is 0 Å². The van der Waals surface area contributed by atoms with Gasteiger partial charge in [-0.25, -0.2) is 0 Å². The number of thiophene rings is 1. The molecule has 0 saturated carbocycles. The maximum atomic E-state index is 5.93. The monoisotopic (exact) mass is 254 g/mol. The van der Waals surface area contributed by atoms with Gasteiger partial charge in [0.1, 0.15) is 0 Å². The highest BCUT2D eigenvalue weighted by molar-refractivity contribution is 7.07. The Morgan fingerprint density at radius 2 is 2.47 bits per heavy atom. The van der Waals surface area contributed by atoms with Crippen molar-refractivity contribution in [1.29, 1.82) is 0 Å².